The molecule has 0 unspecified atom stereocenters. The maximum absolute atomic E-state index is 11.1. The van der Waals surface area contributed by atoms with Crippen molar-refractivity contribution in [3.05, 3.63) is 18.5 Å². The smallest absolute Gasteiger partial charge is 0.436 e. The maximum atomic E-state index is 11.1. The van der Waals surface area contributed by atoms with Crippen LogP contribution in [-0.4, -0.2) is 27.8 Å². The molecule has 0 atom stereocenters. The third kappa shape index (κ3) is 3.84. The molecule has 0 bridgehead atoms. The minimum absolute atomic E-state index is 0.535. The van der Waals surface area contributed by atoms with Gasteiger partial charge in [0.05, 0.1) is 0 Å². The second kappa shape index (κ2) is 4.04. The number of hydrogen-bond acceptors (Lipinski definition) is 3. The Morgan fingerprint density at radius 2 is 2.29 bits per heavy atom. The number of ether oxygens (including phenoxy) is 1. The lowest BCUT2D eigenvalue weighted by atomic mass is 10.2. The molecule has 0 aliphatic rings. The number of aliphatic imine (C=N–C) groups is 1. The van der Waals surface area contributed by atoms with E-state index in [0.29, 0.717) is 0 Å². The predicted molar refractivity (Wildman–Crippen MR) is 51.3 cm³/mol. The Labute approximate surface area is 82.4 Å². The van der Waals surface area contributed by atoms with Gasteiger partial charge in [0.2, 0.25) is 6.34 Å². The topological polar surface area (TPSA) is 56.5 Å². The maximum Gasteiger partial charge on any atom is 0.436 e. The number of hydrogen-bond donors (Lipinski definition) is 0. The van der Waals surface area contributed by atoms with Gasteiger partial charge in [-0.1, -0.05) is 0 Å². The van der Waals surface area contributed by atoms with Gasteiger partial charge in [0.1, 0.15) is 5.60 Å². The molecule has 14 heavy (non-hydrogen) atoms. The predicted octanol–water partition coefficient (Wildman–Crippen LogP) is 1.57. The molecule has 1 aromatic heterocycles. The molecular weight excluding hydrogens is 182 g/mol. The van der Waals surface area contributed by atoms with E-state index in [9.17, 15) is 4.79 Å². The lowest BCUT2D eigenvalue weighted by molar-refractivity contribution is 0.0604. The van der Waals surface area contributed by atoms with Crippen molar-refractivity contribution in [2.45, 2.75) is 26.4 Å². The van der Waals surface area contributed by atoms with E-state index in [1.165, 1.54) is 4.68 Å². The van der Waals surface area contributed by atoms with E-state index in [-0.39, 0.29) is 0 Å². The summed E-state index contributed by atoms with van der Waals surface area (Å²) < 4.78 is 6.22. The van der Waals surface area contributed by atoms with Crippen LogP contribution in [0, 0.1) is 0 Å². The standard InChI is InChI=1S/C9H12N3O2/c1-9(2,3)14-8(13)10-7-12-6-4-5-11-12/h4-6H,1-3H3. The molecule has 0 N–H and O–H groups in total. The van der Waals surface area contributed by atoms with Gasteiger partial charge in [-0.25, -0.2) is 9.48 Å². The highest BCUT2D eigenvalue weighted by atomic mass is 16.6. The van der Waals surface area contributed by atoms with Crippen molar-refractivity contribution in [1.29, 1.82) is 0 Å². The Morgan fingerprint density at radius 1 is 1.57 bits per heavy atom. The molecule has 0 aliphatic heterocycles. The third-order valence-electron chi connectivity index (χ3n) is 1.14. The molecule has 5 nitrogen and oxygen atoms in total. The summed E-state index contributed by atoms with van der Waals surface area (Å²) in [7, 11) is 0. The van der Waals surface area contributed by atoms with Crippen molar-refractivity contribution in [3.8, 4) is 0 Å². The minimum atomic E-state index is -0.673. The fourth-order valence-corrected chi connectivity index (χ4v) is 0.705. The number of aromatic nitrogens is 2. The normalized spacial score (nSPS) is 11.9. The van der Waals surface area contributed by atoms with E-state index >= 15 is 0 Å². The summed E-state index contributed by atoms with van der Waals surface area (Å²) in [6.45, 7) is 5.32. The second-order valence-corrected chi connectivity index (χ2v) is 3.64. The van der Waals surface area contributed by atoms with Crippen LogP contribution in [0.4, 0.5) is 4.79 Å². The quantitative estimate of drug-likeness (QED) is 0.503. The van der Waals surface area contributed by atoms with Gasteiger partial charge in [0, 0.05) is 12.4 Å². The van der Waals surface area contributed by atoms with Crippen LogP contribution in [0.3, 0.4) is 0 Å². The fourth-order valence-electron chi connectivity index (χ4n) is 0.705. The van der Waals surface area contributed by atoms with Crippen molar-refractivity contribution in [2.75, 3.05) is 0 Å². The molecule has 0 saturated heterocycles. The molecule has 1 amide bonds. The summed E-state index contributed by atoms with van der Waals surface area (Å²) in [6.07, 6.45) is 4.92. The van der Waals surface area contributed by atoms with E-state index in [2.05, 4.69) is 16.4 Å². The Morgan fingerprint density at radius 3 is 2.79 bits per heavy atom. The number of amides is 1. The highest BCUT2D eigenvalue weighted by Gasteiger charge is 2.14. The van der Waals surface area contributed by atoms with Crippen molar-refractivity contribution in [2.24, 2.45) is 4.99 Å². The first-order chi connectivity index (χ1) is 6.47. The van der Waals surface area contributed by atoms with Crippen molar-refractivity contribution >= 4 is 12.4 Å². The van der Waals surface area contributed by atoms with Gasteiger partial charge in [0.25, 0.3) is 0 Å². The van der Waals surface area contributed by atoms with E-state index < -0.39 is 11.7 Å². The van der Waals surface area contributed by atoms with Crippen LogP contribution < -0.4 is 0 Å². The van der Waals surface area contributed by atoms with E-state index in [0.717, 1.165) is 0 Å². The molecule has 1 aromatic rings. The van der Waals surface area contributed by atoms with Crippen LogP contribution in [-0.2, 0) is 4.74 Å². The molecule has 5 heteroatoms. The first-order valence-electron chi connectivity index (χ1n) is 4.17. The molecule has 75 valence electrons. The number of carbonyl (C=O) groups excluding carboxylic acids is 1. The summed E-state index contributed by atoms with van der Waals surface area (Å²) in [4.78, 5) is 14.5. The molecular formula is C9H12N3O2. The minimum Gasteiger partial charge on any atom is -0.442 e. The average Bonchev–Trinajstić information content (AvgIpc) is 2.49. The summed E-state index contributed by atoms with van der Waals surface area (Å²) in [6, 6.07) is 1.71. The van der Waals surface area contributed by atoms with Gasteiger partial charge in [-0.2, -0.15) is 10.1 Å². The summed E-state index contributed by atoms with van der Waals surface area (Å²) in [5.41, 5.74) is -0.535. The van der Waals surface area contributed by atoms with Crippen molar-refractivity contribution in [3.63, 3.8) is 0 Å². The van der Waals surface area contributed by atoms with Gasteiger partial charge in [-0.3, -0.25) is 0 Å². The number of nitrogens with zero attached hydrogens (tertiary/aromatic N) is 3. The summed E-state index contributed by atoms with van der Waals surface area (Å²) in [5.74, 6) is 0. The Hall–Kier alpha value is -1.65. The van der Waals surface area contributed by atoms with E-state index in [4.69, 9.17) is 4.74 Å². The van der Waals surface area contributed by atoms with Gasteiger partial charge in [-0.05, 0) is 26.8 Å². The van der Waals surface area contributed by atoms with Gasteiger partial charge in [0.15, 0.2) is 0 Å². The lowest BCUT2D eigenvalue weighted by Gasteiger charge is -2.16. The Kier molecular flexibility index (Phi) is 3.01. The van der Waals surface area contributed by atoms with Crippen LogP contribution in [0.2, 0.25) is 0 Å². The first kappa shape index (κ1) is 10.4. The van der Waals surface area contributed by atoms with Crippen LogP contribution >= 0.6 is 0 Å². The summed E-state index contributed by atoms with van der Waals surface area (Å²) >= 11 is 0. The van der Waals surface area contributed by atoms with Crippen LogP contribution in [0.25, 0.3) is 0 Å². The van der Waals surface area contributed by atoms with Crippen molar-refractivity contribution in [1.82, 2.24) is 9.78 Å². The van der Waals surface area contributed by atoms with Crippen LogP contribution in [0.5, 0.6) is 0 Å². The first-order valence-corrected chi connectivity index (χ1v) is 4.17. The van der Waals surface area contributed by atoms with Gasteiger partial charge >= 0.3 is 6.09 Å². The summed E-state index contributed by atoms with van der Waals surface area (Å²) in [5, 5.41) is 3.79. The van der Waals surface area contributed by atoms with Crippen molar-refractivity contribution < 1.29 is 9.53 Å². The average molecular weight is 194 g/mol. The van der Waals surface area contributed by atoms with E-state index in [1.54, 1.807) is 39.2 Å². The monoisotopic (exact) mass is 194 g/mol. The Balaban J connectivity index is 2.49. The molecule has 0 aromatic carbocycles. The second-order valence-electron chi connectivity index (χ2n) is 3.64. The SMILES string of the molecule is CC(C)(C)OC(=O)/N=[C]/n1cccn1. The highest BCUT2D eigenvalue weighted by molar-refractivity contribution is 5.79. The molecule has 1 rings (SSSR count). The molecule has 0 aliphatic carbocycles. The Bertz CT molecular complexity index is 322. The van der Waals surface area contributed by atoms with Crippen LogP contribution in [0.15, 0.2) is 23.5 Å². The number of rotatable bonds is 1. The third-order valence-corrected chi connectivity index (χ3v) is 1.14. The molecule has 1 heterocycles. The van der Waals surface area contributed by atoms with Crippen LogP contribution in [0.1, 0.15) is 20.8 Å². The molecule has 0 saturated carbocycles. The lowest BCUT2D eigenvalue weighted by Crippen LogP contribution is -2.22. The highest BCUT2D eigenvalue weighted by Crippen LogP contribution is 2.07. The molecule has 0 fully saturated rings. The van der Waals surface area contributed by atoms with Gasteiger partial charge in [-0.15, -0.1) is 0 Å². The largest absolute Gasteiger partial charge is 0.442 e. The van der Waals surface area contributed by atoms with Gasteiger partial charge < -0.3 is 4.74 Å². The van der Waals surface area contributed by atoms with E-state index in [1.807, 2.05) is 0 Å². The zero-order chi connectivity index (χ0) is 10.6. The number of carbonyl (C=O) groups is 1. The fraction of sp³-hybridized carbons (Fsp3) is 0.444. The molecule has 0 spiro atoms. The molecule has 1 radical (unpaired) electrons. The zero-order valence-corrected chi connectivity index (χ0v) is 8.39. The zero-order valence-electron chi connectivity index (χ0n) is 8.39.